The molecule has 0 saturated heterocycles. The SMILES string of the molecule is Cc1ccccc1-c1noc(COC(=O)CN(C)S(=O)(=O)c2ccc(Cl)cc2)n1. The summed E-state index contributed by atoms with van der Waals surface area (Å²) in [7, 11) is -2.56. The van der Waals surface area contributed by atoms with Crippen molar-refractivity contribution in [1.29, 1.82) is 0 Å². The van der Waals surface area contributed by atoms with E-state index in [1.807, 2.05) is 31.2 Å². The smallest absolute Gasteiger partial charge is 0.321 e. The number of halogens is 1. The molecule has 0 aliphatic heterocycles. The molecule has 0 aliphatic rings. The standard InChI is InChI=1S/C19H18ClN3O5S/c1-13-5-3-4-6-16(13)19-21-17(28-22-19)12-27-18(24)11-23(2)29(25,26)15-9-7-14(20)8-10-15/h3-10H,11-12H2,1-2H3. The third-order valence-electron chi connectivity index (χ3n) is 4.08. The van der Waals surface area contributed by atoms with Crippen molar-refractivity contribution >= 4 is 27.6 Å². The summed E-state index contributed by atoms with van der Waals surface area (Å²) in [5.41, 5.74) is 1.79. The molecule has 0 saturated carbocycles. The van der Waals surface area contributed by atoms with E-state index >= 15 is 0 Å². The number of nitrogens with zero attached hydrogens (tertiary/aromatic N) is 3. The molecule has 152 valence electrons. The highest BCUT2D eigenvalue weighted by atomic mass is 35.5. The topological polar surface area (TPSA) is 103 Å². The van der Waals surface area contributed by atoms with E-state index in [0.717, 1.165) is 15.4 Å². The first kappa shape index (κ1) is 21.0. The van der Waals surface area contributed by atoms with E-state index in [4.69, 9.17) is 20.9 Å². The number of benzene rings is 2. The Bertz CT molecular complexity index is 1110. The molecule has 0 N–H and O–H groups in total. The number of carbonyl (C=O) groups excluding carboxylic acids is 1. The Kier molecular flexibility index (Phi) is 6.31. The third kappa shape index (κ3) is 5.00. The first-order valence-corrected chi connectivity index (χ1v) is 10.4. The number of hydrogen-bond acceptors (Lipinski definition) is 7. The van der Waals surface area contributed by atoms with E-state index in [1.165, 1.54) is 31.3 Å². The van der Waals surface area contributed by atoms with Gasteiger partial charge in [-0.3, -0.25) is 4.79 Å². The molecular formula is C19H18ClN3O5S. The molecule has 1 heterocycles. The Hall–Kier alpha value is -2.75. The summed E-state index contributed by atoms with van der Waals surface area (Å²) in [4.78, 5) is 16.3. The maximum absolute atomic E-state index is 12.5. The Morgan fingerprint density at radius 1 is 1.17 bits per heavy atom. The molecule has 0 unspecified atom stereocenters. The molecule has 0 fully saturated rings. The van der Waals surface area contributed by atoms with Crippen molar-refractivity contribution in [2.24, 2.45) is 0 Å². The number of hydrogen-bond donors (Lipinski definition) is 0. The molecule has 0 amide bonds. The fourth-order valence-corrected chi connectivity index (χ4v) is 3.73. The van der Waals surface area contributed by atoms with E-state index in [-0.39, 0.29) is 17.4 Å². The van der Waals surface area contributed by atoms with Gasteiger partial charge in [-0.05, 0) is 36.8 Å². The monoisotopic (exact) mass is 435 g/mol. The Balaban J connectivity index is 1.59. The van der Waals surface area contributed by atoms with Gasteiger partial charge in [0.1, 0.15) is 6.54 Å². The lowest BCUT2D eigenvalue weighted by Gasteiger charge is -2.16. The highest BCUT2D eigenvalue weighted by Gasteiger charge is 2.24. The van der Waals surface area contributed by atoms with Crippen LogP contribution in [0.15, 0.2) is 57.9 Å². The predicted octanol–water partition coefficient (Wildman–Crippen LogP) is 3.06. The van der Waals surface area contributed by atoms with Gasteiger partial charge in [0.25, 0.3) is 5.89 Å². The summed E-state index contributed by atoms with van der Waals surface area (Å²) in [6, 6.07) is 13.2. The highest BCUT2D eigenvalue weighted by Crippen LogP contribution is 2.20. The molecule has 0 radical (unpaired) electrons. The lowest BCUT2D eigenvalue weighted by atomic mass is 10.1. The van der Waals surface area contributed by atoms with Crippen LogP contribution in [0.5, 0.6) is 0 Å². The fourth-order valence-electron chi connectivity index (χ4n) is 2.49. The van der Waals surface area contributed by atoms with Crippen LogP contribution in [0.2, 0.25) is 5.02 Å². The van der Waals surface area contributed by atoms with Crippen molar-refractivity contribution in [3.8, 4) is 11.4 Å². The Morgan fingerprint density at radius 3 is 2.55 bits per heavy atom. The number of esters is 1. The quantitative estimate of drug-likeness (QED) is 0.525. The molecule has 0 spiro atoms. The zero-order valence-corrected chi connectivity index (χ0v) is 17.3. The molecule has 29 heavy (non-hydrogen) atoms. The Morgan fingerprint density at radius 2 is 1.86 bits per heavy atom. The van der Waals surface area contributed by atoms with Gasteiger partial charge in [-0.1, -0.05) is 41.0 Å². The maximum atomic E-state index is 12.5. The normalized spacial score (nSPS) is 11.6. The minimum absolute atomic E-state index is 0.0250. The number of likely N-dealkylation sites (N-methyl/N-ethyl adjacent to an activating group) is 1. The second-order valence-corrected chi connectivity index (χ2v) is 8.68. The maximum Gasteiger partial charge on any atom is 0.321 e. The van der Waals surface area contributed by atoms with Gasteiger partial charge in [0.2, 0.25) is 15.8 Å². The van der Waals surface area contributed by atoms with Crippen molar-refractivity contribution in [3.63, 3.8) is 0 Å². The minimum atomic E-state index is -3.85. The van der Waals surface area contributed by atoms with Crippen molar-refractivity contribution in [2.75, 3.05) is 13.6 Å². The predicted molar refractivity (Wildman–Crippen MR) is 106 cm³/mol. The van der Waals surface area contributed by atoms with Crippen molar-refractivity contribution in [3.05, 3.63) is 65.0 Å². The largest absolute Gasteiger partial charge is 0.455 e. The van der Waals surface area contributed by atoms with Gasteiger partial charge < -0.3 is 9.26 Å². The zero-order valence-electron chi connectivity index (χ0n) is 15.7. The second-order valence-electron chi connectivity index (χ2n) is 6.20. The highest BCUT2D eigenvalue weighted by molar-refractivity contribution is 7.89. The lowest BCUT2D eigenvalue weighted by Crippen LogP contribution is -2.33. The fraction of sp³-hybridized carbons (Fsp3) is 0.211. The van der Waals surface area contributed by atoms with Crippen LogP contribution in [-0.2, 0) is 26.2 Å². The zero-order chi connectivity index (χ0) is 21.0. The van der Waals surface area contributed by atoms with Gasteiger partial charge >= 0.3 is 5.97 Å². The molecule has 0 aliphatic carbocycles. The lowest BCUT2D eigenvalue weighted by molar-refractivity contribution is -0.145. The summed E-state index contributed by atoms with van der Waals surface area (Å²) in [5, 5.41) is 4.29. The van der Waals surface area contributed by atoms with Crippen LogP contribution in [0, 0.1) is 6.92 Å². The molecule has 0 bridgehead atoms. The summed E-state index contributed by atoms with van der Waals surface area (Å²) >= 11 is 5.77. The molecule has 1 aromatic heterocycles. The number of aryl methyl sites for hydroxylation is 1. The number of carbonyl (C=O) groups is 1. The van der Waals surface area contributed by atoms with Gasteiger partial charge in [-0.15, -0.1) is 0 Å². The first-order valence-electron chi connectivity index (χ1n) is 8.53. The van der Waals surface area contributed by atoms with Gasteiger partial charge in [-0.2, -0.15) is 9.29 Å². The van der Waals surface area contributed by atoms with Gasteiger partial charge in [0, 0.05) is 17.6 Å². The van der Waals surface area contributed by atoms with Crippen LogP contribution in [-0.4, -0.2) is 42.4 Å². The molecular weight excluding hydrogens is 418 g/mol. The van der Waals surface area contributed by atoms with E-state index in [1.54, 1.807) is 0 Å². The molecule has 0 atom stereocenters. The molecule has 3 rings (SSSR count). The van der Waals surface area contributed by atoms with Crippen LogP contribution in [0.4, 0.5) is 0 Å². The van der Waals surface area contributed by atoms with Crippen molar-refractivity contribution in [2.45, 2.75) is 18.4 Å². The molecule has 2 aromatic carbocycles. The van der Waals surface area contributed by atoms with E-state index in [2.05, 4.69) is 10.1 Å². The van der Waals surface area contributed by atoms with Gasteiger partial charge in [-0.25, -0.2) is 8.42 Å². The summed E-state index contributed by atoms with van der Waals surface area (Å²) < 4.78 is 36.0. The van der Waals surface area contributed by atoms with E-state index in [0.29, 0.717) is 10.8 Å². The summed E-state index contributed by atoms with van der Waals surface area (Å²) in [5.74, 6) is -0.253. The van der Waals surface area contributed by atoms with Gasteiger partial charge in [0.15, 0.2) is 6.61 Å². The van der Waals surface area contributed by atoms with E-state index in [9.17, 15) is 13.2 Å². The van der Waals surface area contributed by atoms with E-state index < -0.39 is 22.5 Å². The Labute approximate surface area is 173 Å². The molecule has 3 aromatic rings. The number of rotatable bonds is 7. The average Bonchev–Trinajstić information content (AvgIpc) is 3.16. The van der Waals surface area contributed by atoms with Crippen LogP contribution in [0.3, 0.4) is 0 Å². The third-order valence-corrected chi connectivity index (χ3v) is 6.15. The number of sulfonamides is 1. The summed E-state index contributed by atoms with van der Waals surface area (Å²) in [6.07, 6.45) is 0. The first-order chi connectivity index (χ1) is 13.8. The van der Waals surface area contributed by atoms with Crippen LogP contribution < -0.4 is 0 Å². The average molecular weight is 436 g/mol. The minimum Gasteiger partial charge on any atom is -0.455 e. The second kappa shape index (κ2) is 8.73. The van der Waals surface area contributed by atoms with Crippen LogP contribution in [0.25, 0.3) is 11.4 Å². The molecule has 8 nitrogen and oxygen atoms in total. The van der Waals surface area contributed by atoms with Crippen LogP contribution in [0.1, 0.15) is 11.5 Å². The van der Waals surface area contributed by atoms with Crippen molar-refractivity contribution < 1.29 is 22.5 Å². The van der Waals surface area contributed by atoms with Crippen LogP contribution >= 0.6 is 11.6 Å². The van der Waals surface area contributed by atoms with Gasteiger partial charge in [0.05, 0.1) is 4.90 Å². The van der Waals surface area contributed by atoms with Crippen molar-refractivity contribution in [1.82, 2.24) is 14.4 Å². The number of aromatic nitrogens is 2. The molecule has 10 heteroatoms. The summed E-state index contributed by atoms with van der Waals surface area (Å²) in [6.45, 7) is 1.19. The number of ether oxygens (including phenoxy) is 1.